The van der Waals surface area contributed by atoms with E-state index in [9.17, 15) is 8.42 Å². The van der Waals surface area contributed by atoms with Gasteiger partial charge in [-0.15, -0.1) is 4.68 Å². The summed E-state index contributed by atoms with van der Waals surface area (Å²) in [5.74, 6) is 0.606. The lowest BCUT2D eigenvalue weighted by molar-refractivity contribution is -0.722. The number of aliphatic imine (C=N–C) groups is 1. The molecular formula is C26H31N10O2S+. The third-order valence-corrected chi connectivity index (χ3v) is 7.81. The van der Waals surface area contributed by atoms with E-state index < -0.39 is 10.0 Å². The maximum Gasteiger partial charge on any atom is 0.329 e. The Labute approximate surface area is 227 Å². The summed E-state index contributed by atoms with van der Waals surface area (Å²) in [5, 5.41) is 12.1. The van der Waals surface area contributed by atoms with E-state index in [1.165, 1.54) is 22.4 Å². The van der Waals surface area contributed by atoms with E-state index in [0.717, 1.165) is 51.1 Å². The zero-order valence-electron chi connectivity index (χ0n) is 23.1. The van der Waals surface area contributed by atoms with Crippen LogP contribution < -0.4 is 14.3 Å². The molecule has 202 valence electrons. The highest BCUT2D eigenvalue weighted by atomic mass is 32.2. The Morgan fingerprint density at radius 2 is 1.85 bits per heavy atom. The fourth-order valence-corrected chi connectivity index (χ4v) is 4.99. The molecule has 1 aliphatic heterocycles. The Kier molecular flexibility index (Phi) is 6.62. The van der Waals surface area contributed by atoms with Crippen molar-refractivity contribution in [2.24, 2.45) is 19.1 Å². The summed E-state index contributed by atoms with van der Waals surface area (Å²) in [6.07, 6.45) is 4.10. The fraction of sp³-hybridized carbons (Fsp3) is 0.346. The number of pyridine rings is 1. The third kappa shape index (κ3) is 5.35. The lowest BCUT2D eigenvalue weighted by Crippen LogP contribution is -2.33. The number of nitrogens with zero attached hydrogens (tertiary/aromatic N) is 9. The SMILES string of the molecule is CC1=Nc2c(Nc3ccc(-c4nn(C)n[n+]4C)cc3N(C)S(C)(=O)=O)cc(Cc3cnc(C)c(C)n3)nc2C1. The molecule has 0 fully saturated rings. The number of anilines is 3. The van der Waals surface area contributed by atoms with Crippen LogP contribution in [-0.2, 0) is 37.0 Å². The molecule has 5 rings (SSSR count). The molecule has 39 heavy (non-hydrogen) atoms. The number of benzene rings is 1. The summed E-state index contributed by atoms with van der Waals surface area (Å²) in [5.41, 5.74) is 8.53. The van der Waals surface area contributed by atoms with E-state index in [1.54, 1.807) is 31.0 Å². The van der Waals surface area contributed by atoms with E-state index in [2.05, 4.69) is 25.6 Å². The largest absolute Gasteiger partial charge is 0.352 e. The molecule has 0 radical (unpaired) electrons. The normalized spacial score (nSPS) is 12.8. The lowest BCUT2D eigenvalue weighted by atomic mass is 10.1. The molecule has 0 unspecified atom stereocenters. The van der Waals surface area contributed by atoms with Gasteiger partial charge in [-0.3, -0.25) is 24.2 Å². The summed E-state index contributed by atoms with van der Waals surface area (Å²) < 4.78 is 28.1. The molecule has 0 aliphatic carbocycles. The van der Waals surface area contributed by atoms with Crippen molar-refractivity contribution in [3.63, 3.8) is 0 Å². The zero-order valence-corrected chi connectivity index (χ0v) is 23.9. The van der Waals surface area contributed by atoms with Gasteiger partial charge in [-0.1, -0.05) is 0 Å². The van der Waals surface area contributed by atoms with Crippen molar-refractivity contribution in [3.8, 4) is 11.4 Å². The quantitative estimate of drug-likeness (QED) is 0.349. The van der Waals surface area contributed by atoms with Gasteiger partial charge in [0.15, 0.2) is 0 Å². The van der Waals surface area contributed by atoms with Gasteiger partial charge in [0.1, 0.15) is 12.7 Å². The zero-order chi connectivity index (χ0) is 28.1. The van der Waals surface area contributed by atoms with Gasteiger partial charge in [0.2, 0.25) is 10.0 Å². The number of aromatic nitrogens is 7. The topological polar surface area (TPSA) is 135 Å². The van der Waals surface area contributed by atoms with E-state index in [4.69, 9.17) is 9.98 Å². The van der Waals surface area contributed by atoms with Crippen LogP contribution >= 0.6 is 0 Å². The fourth-order valence-electron chi connectivity index (χ4n) is 4.48. The molecule has 13 heteroatoms. The molecule has 4 heterocycles. The molecule has 0 amide bonds. The van der Waals surface area contributed by atoms with Gasteiger partial charge < -0.3 is 5.32 Å². The molecule has 4 aromatic rings. The van der Waals surface area contributed by atoms with Crippen LogP contribution in [0.5, 0.6) is 0 Å². The Morgan fingerprint density at radius 3 is 2.51 bits per heavy atom. The minimum atomic E-state index is -3.56. The van der Waals surface area contributed by atoms with E-state index in [1.807, 2.05) is 39.0 Å². The van der Waals surface area contributed by atoms with Gasteiger partial charge in [-0.2, -0.15) is 0 Å². The number of sulfonamides is 1. The number of rotatable bonds is 7. The third-order valence-electron chi connectivity index (χ3n) is 6.62. The molecule has 0 spiro atoms. The highest BCUT2D eigenvalue weighted by Crippen LogP contribution is 2.39. The van der Waals surface area contributed by atoms with Crippen molar-refractivity contribution in [2.75, 3.05) is 22.9 Å². The van der Waals surface area contributed by atoms with Crippen LogP contribution in [0.4, 0.5) is 22.7 Å². The van der Waals surface area contributed by atoms with Crippen LogP contribution in [0.25, 0.3) is 11.4 Å². The number of tetrazole rings is 1. The Balaban J connectivity index is 1.59. The summed E-state index contributed by atoms with van der Waals surface area (Å²) in [6, 6.07) is 7.45. The number of fused-ring (bicyclic) bond motifs is 1. The number of nitrogens with one attached hydrogen (secondary N) is 1. The van der Waals surface area contributed by atoms with E-state index in [-0.39, 0.29) is 0 Å². The van der Waals surface area contributed by atoms with Gasteiger partial charge in [-0.05, 0) is 49.8 Å². The van der Waals surface area contributed by atoms with E-state index in [0.29, 0.717) is 30.0 Å². The smallest absolute Gasteiger partial charge is 0.329 e. The molecule has 0 saturated carbocycles. The molecule has 1 aromatic carbocycles. The molecule has 0 atom stereocenters. The average molecular weight is 548 g/mol. The van der Waals surface area contributed by atoms with Gasteiger partial charge >= 0.3 is 5.82 Å². The molecule has 0 saturated heterocycles. The first-order chi connectivity index (χ1) is 18.4. The second kappa shape index (κ2) is 9.80. The molecule has 1 N–H and O–H groups in total. The Hall–Kier alpha value is -4.26. The maximum atomic E-state index is 12.6. The van der Waals surface area contributed by atoms with Crippen molar-refractivity contribution in [3.05, 3.63) is 58.9 Å². The summed E-state index contributed by atoms with van der Waals surface area (Å²) in [7, 11) is 1.49. The predicted molar refractivity (Wildman–Crippen MR) is 149 cm³/mol. The highest BCUT2D eigenvalue weighted by Gasteiger charge is 2.24. The van der Waals surface area contributed by atoms with Crippen molar-refractivity contribution in [1.29, 1.82) is 0 Å². The van der Waals surface area contributed by atoms with Crippen LogP contribution in [0.1, 0.15) is 35.4 Å². The van der Waals surface area contributed by atoms with Crippen molar-refractivity contribution in [1.82, 2.24) is 30.1 Å². The number of hydrogen-bond donors (Lipinski definition) is 1. The van der Waals surface area contributed by atoms with Gasteiger partial charge in [0.25, 0.3) is 0 Å². The van der Waals surface area contributed by atoms with Gasteiger partial charge in [0.05, 0.1) is 69.0 Å². The number of aryl methyl sites for hydroxylation is 4. The minimum absolute atomic E-state index is 0.464. The van der Waals surface area contributed by atoms with E-state index >= 15 is 0 Å². The number of hydrogen-bond acceptors (Lipinski definition) is 9. The molecule has 12 nitrogen and oxygen atoms in total. The Bertz CT molecular complexity index is 1740. The Morgan fingerprint density at radius 1 is 1.08 bits per heavy atom. The summed E-state index contributed by atoms with van der Waals surface area (Å²) in [6.45, 7) is 5.85. The second-order valence-corrected chi connectivity index (χ2v) is 11.8. The summed E-state index contributed by atoms with van der Waals surface area (Å²) >= 11 is 0. The first-order valence-electron chi connectivity index (χ1n) is 12.4. The van der Waals surface area contributed by atoms with Crippen LogP contribution in [0.2, 0.25) is 0 Å². The van der Waals surface area contributed by atoms with Gasteiger partial charge in [0, 0.05) is 37.5 Å². The predicted octanol–water partition coefficient (Wildman–Crippen LogP) is 2.49. The van der Waals surface area contributed by atoms with Crippen molar-refractivity contribution in [2.45, 2.75) is 33.6 Å². The highest BCUT2D eigenvalue weighted by molar-refractivity contribution is 7.92. The van der Waals surface area contributed by atoms with Crippen LogP contribution in [0.3, 0.4) is 0 Å². The monoisotopic (exact) mass is 547 g/mol. The van der Waals surface area contributed by atoms with Crippen LogP contribution in [0.15, 0.2) is 35.5 Å². The average Bonchev–Trinajstić information content (AvgIpc) is 3.41. The molecule has 3 aromatic heterocycles. The summed E-state index contributed by atoms with van der Waals surface area (Å²) in [4.78, 5) is 20.2. The molecular weight excluding hydrogens is 516 g/mol. The van der Waals surface area contributed by atoms with Crippen molar-refractivity contribution >= 4 is 38.5 Å². The standard InChI is InChI=1S/C26H31N10O2S/c1-15-10-22-25(28-15)23(13-19(30-22)12-20-14-27-16(2)17(3)29-20)31-21-9-8-18(26-32-36(6)33-34(26)4)11-24(21)35(5)39(7,37)38/h8-9,11,13-14H,10,12H2,1-7H3,(H,30,31)/q+1. The maximum absolute atomic E-state index is 12.6. The van der Waals surface area contributed by atoms with Gasteiger partial charge in [-0.25, -0.2) is 8.42 Å². The minimum Gasteiger partial charge on any atom is -0.352 e. The molecule has 0 bridgehead atoms. The van der Waals surface area contributed by atoms with Crippen LogP contribution in [0, 0.1) is 13.8 Å². The van der Waals surface area contributed by atoms with Crippen molar-refractivity contribution < 1.29 is 13.1 Å². The molecule has 1 aliphatic rings. The first kappa shape index (κ1) is 26.4. The lowest BCUT2D eigenvalue weighted by Gasteiger charge is -2.22. The second-order valence-electron chi connectivity index (χ2n) is 9.80. The first-order valence-corrected chi connectivity index (χ1v) is 14.2. The van der Waals surface area contributed by atoms with Crippen LogP contribution in [-0.4, -0.2) is 57.5 Å².